The lowest BCUT2D eigenvalue weighted by Gasteiger charge is -2.31. The predicted molar refractivity (Wildman–Crippen MR) is 293 cm³/mol. The molecule has 0 aliphatic carbocycles. The van der Waals surface area contributed by atoms with Crippen LogP contribution in [0.3, 0.4) is 0 Å². The lowest BCUT2D eigenvalue weighted by molar-refractivity contribution is -0.142. The number of primary amides is 3. The second-order valence-electron chi connectivity index (χ2n) is 18.8. The highest BCUT2D eigenvalue weighted by molar-refractivity contribution is 8.76. The van der Waals surface area contributed by atoms with E-state index in [1.807, 2.05) is 30.3 Å². The summed E-state index contributed by atoms with van der Waals surface area (Å²) in [4.78, 5) is 155. The second kappa shape index (κ2) is 30.1. The Kier molecular flexibility index (Phi) is 23.5. The molecule has 2 aliphatic heterocycles. The number of hydrogen-bond acceptors (Lipinski definition) is 16. The molecule has 3 aromatic rings. The first kappa shape index (κ1) is 61.7. The molecule has 0 saturated carbocycles. The molecule has 0 spiro atoms. The van der Waals surface area contributed by atoms with Crippen molar-refractivity contribution in [3.05, 3.63) is 77.9 Å². The average Bonchev–Trinajstić information content (AvgIpc) is 3.96. The number of likely N-dealkylation sites (tertiary alicyclic amines) is 1. The molecule has 426 valence electrons. The molecule has 3 aromatic carbocycles. The summed E-state index contributed by atoms with van der Waals surface area (Å²) in [6.07, 6.45) is -1.45. The molecule has 2 unspecified atom stereocenters. The van der Waals surface area contributed by atoms with Crippen LogP contribution in [0, 0.1) is 0 Å². The summed E-state index contributed by atoms with van der Waals surface area (Å²) in [5.41, 5.74) is 34.6. The Morgan fingerprint density at radius 3 is 1.95 bits per heavy atom. The lowest BCUT2D eigenvalue weighted by atomic mass is 9.99. The van der Waals surface area contributed by atoms with E-state index in [2.05, 4.69) is 42.2 Å². The summed E-state index contributed by atoms with van der Waals surface area (Å²) >= 11 is 0. The SMILES string of the molecule is NC(=O)CC[C@@H]1NC(=O)[C@H](Cc2ccc3ccccc3c2)NC(=O)C(Cc2ccc(O)cc2)NC(=O)[C@@H](N)CSSC[C@@H](C(=O)N2CCC[C@H]2C(=O)N[C@H](CCCN=C(N)N)C(=O)NCC(N)=O)NC(=O)C(CC(N)=O)NC1=O. The van der Waals surface area contributed by atoms with Crippen LogP contribution >= 0.6 is 21.6 Å². The third-order valence-corrected chi connectivity index (χ3v) is 15.1. The fourth-order valence-corrected chi connectivity index (χ4v) is 10.8. The van der Waals surface area contributed by atoms with Crippen molar-refractivity contribution in [3.8, 4) is 5.75 Å². The number of aliphatic imine (C=N–C) groups is 1. The minimum atomic E-state index is -1.81. The summed E-state index contributed by atoms with van der Waals surface area (Å²) in [5, 5.41) is 29.5. The van der Waals surface area contributed by atoms with E-state index >= 15 is 0 Å². The van der Waals surface area contributed by atoms with E-state index in [1.165, 1.54) is 29.2 Å². The molecular weight excluding hydrogens is 1070 g/mol. The second-order valence-corrected chi connectivity index (χ2v) is 21.3. The number of aromatic hydroxyl groups is 1. The zero-order valence-corrected chi connectivity index (χ0v) is 44.6. The summed E-state index contributed by atoms with van der Waals surface area (Å²) in [6, 6.07) is 6.98. The highest BCUT2D eigenvalue weighted by atomic mass is 33.1. The standard InChI is InChI=1S/C50H67N15O12S2/c51-31-24-78-79-25-37(49(77)65-18-4-8-38(65)48(76)60-32(7-3-17-57-50(55)56)43(71)58-23-41(54)69)64-47(75)36(22-40(53)68)63-44(72)33(15-16-39(52)67)59-45(73)35(21-27-9-12-28-5-1-2-6-29(28)19-27)62-46(74)34(61-42(31)70)20-26-10-13-30(66)14-11-26/h1-2,5-6,9-14,19,31-38,66H,3-4,7-8,15-18,20-25,51H2,(H2,52,67)(H2,53,68)(H2,54,69)(H,58,71)(H,59,73)(H,60,76)(H,61,70)(H,62,74)(H,63,72)(H,64,75)(H4,55,56,57)/t31-,32+,33-,34?,35-,36?,37-,38-/m0/s1. The molecule has 27 nitrogen and oxygen atoms in total. The quantitative estimate of drug-likeness (QED) is 0.0234. The van der Waals surface area contributed by atoms with E-state index < -0.39 is 139 Å². The number of phenolic OH excluding ortho intramolecular Hbond substituents is 1. The lowest BCUT2D eigenvalue weighted by Crippen LogP contribution is -2.61. The number of carbonyl (C=O) groups excluding carboxylic acids is 11. The van der Waals surface area contributed by atoms with Crippen LogP contribution in [-0.2, 0) is 65.6 Å². The first-order valence-electron chi connectivity index (χ1n) is 25.1. The Bertz CT molecular complexity index is 2770. The molecule has 0 aromatic heterocycles. The van der Waals surface area contributed by atoms with Gasteiger partial charge in [-0.2, -0.15) is 0 Å². The van der Waals surface area contributed by atoms with E-state index in [-0.39, 0.29) is 68.4 Å². The Morgan fingerprint density at radius 1 is 0.696 bits per heavy atom. The van der Waals surface area contributed by atoms with Crippen molar-refractivity contribution in [2.24, 2.45) is 39.4 Å². The number of rotatable bonds is 19. The van der Waals surface area contributed by atoms with Crippen molar-refractivity contribution in [2.75, 3.05) is 31.1 Å². The topological polar surface area (TPSA) is 464 Å². The third kappa shape index (κ3) is 19.7. The van der Waals surface area contributed by atoms with Crippen molar-refractivity contribution in [3.63, 3.8) is 0 Å². The molecule has 5 rings (SSSR count). The maximum Gasteiger partial charge on any atom is 0.246 e. The highest BCUT2D eigenvalue weighted by Crippen LogP contribution is 2.26. The van der Waals surface area contributed by atoms with Gasteiger partial charge in [0.05, 0.1) is 19.0 Å². The predicted octanol–water partition coefficient (Wildman–Crippen LogP) is -4.25. The molecule has 8 atom stereocenters. The molecule has 2 fully saturated rings. The summed E-state index contributed by atoms with van der Waals surface area (Å²) in [5.74, 6) is -10.6. The van der Waals surface area contributed by atoms with Gasteiger partial charge in [0.2, 0.25) is 65.0 Å². The Balaban J connectivity index is 1.49. The molecule has 2 saturated heterocycles. The number of benzene rings is 3. The zero-order valence-electron chi connectivity index (χ0n) is 43.0. The van der Waals surface area contributed by atoms with Crippen LogP contribution in [0.25, 0.3) is 10.8 Å². The number of amides is 11. The van der Waals surface area contributed by atoms with Gasteiger partial charge >= 0.3 is 0 Å². The maximum absolute atomic E-state index is 14.7. The van der Waals surface area contributed by atoms with E-state index in [1.54, 1.807) is 12.1 Å². The van der Waals surface area contributed by atoms with Crippen LogP contribution in [0.2, 0.25) is 0 Å². The van der Waals surface area contributed by atoms with Gasteiger partial charge < -0.3 is 81.6 Å². The summed E-state index contributed by atoms with van der Waals surface area (Å²) in [7, 11) is 2.00. The number of nitrogens with zero attached hydrogens (tertiary/aromatic N) is 2. The summed E-state index contributed by atoms with van der Waals surface area (Å²) < 4.78 is 0. The molecule has 79 heavy (non-hydrogen) atoms. The van der Waals surface area contributed by atoms with Crippen molar-refractivity contribution in [2.45, 2.75) is 106 Å². The van der Waals surface area contributed by atoms with E-state index in [9.17, 15) is 57.8 Å². The van der Waals surface area contributed by atoms with Crippen molar-refractivity contribution >= 4 is 103 Å². The van der Waals surface area contributed by atoms with Crippen LogP contribution in [0.5, 0.6) is 5.75 Å². The fraction of sp³-hybridized carbons (Fsp3) is 0.440. The fourth-order valence-electron chi connectivity index (χ4n) is 8.55. The number of guanidine groups is 1. The Hall–Kier alpha value is -8.18. The maximum atomic E-state index is 14.7. The van der Waals surface area contributed by atoms with E-state index in [4.69, 9.17) is 34.4 Å². The minimum absolute atomic E-state index is 0.00129. The van der Waals surface area contributed by atoms with Crippen LogP contribution in [0.1, 0.15) is 56.1 Å². The number of hydrogen-bond donors (Lipinski definition) is 14. The van der Waals surface area contributed by atoms with Gasteiger partial charge in [-0.3, -0.25) is 57.7 Å². The van der Waals surface area contributed by atoms with Gasteiger partial charge in [-0.25, -0.2) is 0 Å². The zero-order chi connectivity index (χ0) is 57.8. The minimum Gasteiger partial charge on any atom is -0.508 e. The van der Waals surface area contributed by atoms with Gasteiger partial charge in [0.1, 0.15) is 48.0 Å². The highest BCUT2D eigenvalue weighted by Gasteiger charge is 2.41. The van der Waals surface area contributed by atoms with Gasteiger partial charge in [0.25, 0.3) is 0 Å². The molecule has 0 bridgehead atoms. The monoisotopic (exact) mass is 1130 g/mol. The smallest absolute Gasteiger partial charge is 0.246 e. The number of phenols is 1. The normalized spacial score (nSPS) is 22.1. The molecular formula is C50H67N15O12S2. The Labute approximate surface area is 461 Å². The first-order chi connectivity index (χ1) is 37.6. The molecule has 2 heterocycles. The van der Waals surface area contributed by atoms with E-state index in [0.29, 0.717) is 17.5 Å². The van der Waals surface area contributed by atoms with Crippen LogP contribution in [-0.4, -0.2) is 160 Å². The summed E-state index contributed by atoms with van der Waals surface area (Å²) in [6.45, 7) is -0.450. The molecule has 29 heteroatoms. The van der Waals surface area contributed by atoms with Crippen LogP contribution in [0.15, 0.2) is 71.7 Å². The van der Waals surface area contributed by atoms with Crippen LogP contribution in [0.4, 0.5) is 0 Å². The molecule has 11 amide bonds. The average molecular weight is 1130 g/mol. The number of nitrogens with two attached hydrogens (primary N) is 6. The van der Waals surface area contributed by atoms with Gasteiger partial charge in [-0.1, -0.05) is 76.2 Å². The number of fused-ring (bicyclic) bond motifs is 1. The van der Waals surface area contributed by atoms with Gasteiger partial charge in [-0.15, -0.1) is 0 Å². The largest absolute Gasteiger partial charge is 0.508 e. The van der Waals surface area contributed by atoms with Crippen LogP contribution < -0.4 is 71.6 Å². The van der Waals surface area contributed by atoms with Crippen molar-refractivity contribution < 1.29 is 57.8 Å². The first-order valence-corrected chi connectivity index (χ1v) is 27.6. The van der Waals surface area contributed by atoms with Gasteiger partial charge in [-0.05, 0) is 66.1 Å². The van der Waals surface area contributed by atoms with Gasteiger partial charge in [0.15, 0.2) is 5.96 Å². The third-order valence-electron chi connectivity index (χ3n) is 12.6. The number of carbonyl (C=O) groups is 11. The molecule has 20 N–H and O–H groups in total. The molecule has 2 aliphatic rings. The number of nitrogens with one attached hydrogen (secondary N) is 7. The van der Waals surface area contributed by atoms with Crippen molar-refractivity contribution in [1.82, 2.24) is 42.1 Å². The van der Waals surface area contributed by atoms with Gasteiger partial charge in [0, 0.05) is 43.9 Å². The van der Waals surface area contributed by atoms with Crippen molar-refractivity contribution in [1.29, 1.82) is 0 Å². The Morgan fingerprint density at radius 2 is 1.29 bits per heavy atom. The van der Waals surface area contributed by atoms with E-state index in [0.717, 1.165) is 32.4 Å². The molecule has 0 radical (unpaired) electrons.